The van der Waals surface area contributed by atoms with Crippen LogP contribution in [0.25, 0.3) is 0 Å². The van der Waals surface area contributed by atoms with Crippen molar-refractivity contribution in [1.82, 2.24) is 15.1 Å². The molecule has 1 aromatic rings. The quantitative estimate of drug-likeness (QED) is 0.750. The standard InChI is InChI=1S/C16H26N4O/c1-19-9-11-20(12-10-19)8-2-7-18-16(21)15-5-3-14(13-17)4-6-15/h3-6H,2,7-13,17H2,1H3,(H,18,21). The van der Waals surface area contributed by atoms with Crippen LogP contribution in [0, 0.1) is 0 Å². The molecule has 0 aromatic heterocycles. The number of rotatable bonds is 6. The summed E-state index contributed by atoms with van der Waals surface area (Å²) in [5.74, 6) is -0.00283. The van der Waals surface area contributed by atoms with Gasteiger partial charge in [-0.25, -0.2) is 0 Å². The lowest BCUT2D eigenvalue weighted by atomic mass is 10.1. The maximum atomic E-state index is 12.0. The van der Waals surface area contributed by atoms with Crippen LogP contribution in [0.4, 0.5) is 0 Å². The van der Waals surface area contributed by atoms with Crippen molar-refractivity contribution < 1.29 is 4.79 Å². The Morgan fingerprint density at radius 2 is 1.86 bits per heavy atom. The number of hydrogen-bond donors (Lipinski definition) is 2. The fraction of sp³-hybridized carbons (Fsp3) is 0.562. The van der Waals surface area contributed by atoms with E-state index in [-0.39, 0.29) is 5.91 Å². The molecule has 0 aliphatic carbocycles. The third-order valence-electron chi connectivity index (χ3n) is 3.98. The van der Waals surface area contributed by atoms with Crippen LogP contribution in [0.2, 0.25) is 0 Å². The van der Waals surface area contributed by atoms with E-state index in [1.165, 1.54) is 0 Å². The third kappa shape index (κ3) is 5.12. The topological polar surface area (TPSA) is 61.6 Å². The molecule has 5 heteroatoms. The number of nitrogens with zero attached hydrogens (tertiary/aromatic N) is 2. The molecular weight excluding hydrogens is 264 g/mol. The number of nitrogens with one attached hydrogen (secondary N) is 1. The van der Waals surface area contributed by atoms with Crippen molar-refractivity contribution in [3.8, 4) is 0 Å². The second kappa shape index (κ2) is 8.12. The van der Waals surface area contributed by atoms with Crippen molar-refractivity contribution in [2.45, 2.75) is 13.0 Å². The summed E-state index contributed by atoms with van der Waals surface area (Å²) in [5.41, 5.74) is 7.29. The van der Waals surface area contributed by atoms with E-state index in [1.807, 2.05) is 24.3 Å². The van der Waals surface area contributed by atoms with E-state index in [4.69, 9.17) is 5.73 Å². The van der Waals surface area contributed by atoms with Crippen LogP contribution >= 0.6 is 0 Å². The van der Waals surface area contributed by atoms with Crippen molar-refractivity contribution in [3.05, 3.63) is 35.4 Å². The van der Waals surface area contributed by atoms with Gasteiger partial charge in [0, 0.05) is 44.8 Å². The van der Waals surface area contributed by atoms with E-state index < -0.39 is 0 Å². The highest BCUT2D eigenvalue weighted by atomic mass is 16.1. The fourth-order valence-electron chi connectivity index (χ4n) is 2.47. The van der Waals surface area contributed by atoms with Gasteiger partial charge in [-0.2, -0.15) is 0 Å². The number of carbonyl (C=O) groups excluding carboxylic acids is 1. The number of nitrogens with two attached hydrogens (primary N) is 1. The summed E-state index contributed by atoms with van der Waals surface area (Å²) in [5, 5.41) is 2.98. The molecule has 5 nitrogen and oxygen atoms in total. The summed E-state index contributed by atoms with van der Waals surface area (Å²) in [6, 6.07) is 7.47. The van der Waals surface area contributed by atoms with Crippen LogP contribution < -0.4 is 11.1 Å². The van der Waals surface area contributed by atoms with Crippen molar-refractivity contribution in [3.63, 3.8) is 0 Å². The predicted octanol–water partition coefficient (Wildman–Crippen LogP) is 0.513. The van der Waals surface area contributed by atoms with Crippen molar-refractivity contribution >= 4 is 5.91 Å². The Morgan fingerprint density at radius 1 is 1.19 bits per heavy atom. The number of benzene rings is 1. The summed E-state index contributed by atoms with van der Waals surface area (Å²) in [6.07, 6.45) is 0.996. The van der Waals surface area contributed by atoms with E-state index in [9.17, 15) is 4.79 Å². The molecule has 0 spiro atoms. The third-order valence-corrected chi connectivity index (χ3v) is 3.98. The first kappa shape index (κ1) is 15.9. The minimum atomic E-state index is -0.00283. The number of amides is 1. The van der Waals surface area contributed by atoms with Crippen molar-refractivity contribution in [1.29, 1.82) is 0 Å². The Morgan fingerprint density at radius 3 is 2.48 bits per heavy atom. The lowest BCUT2D eigenvalue weighted by Crippen LogP contribution is -2.45. The van der Waals surface area contributed by atoms with Crippen LogP contribution in [0.3, 0.4) is 0 Å². The Bertz CT molecular complexity index is 438. The summed E-state index contributed by atoms with van der Waals surface area (Å²) in [4.78, 5) is 16.8. The molecule has 1 aliphatic rings. The van der Waals surface area contributed by atoms with E-state index in [1.54, 1.807) is 0 Å². The molecule has 1 heterocycles. The second-order valence-electron chi connectivity index (χ2n) is 5.66. The Balaban J connectivity index is 1.64. The molecule has 1 saturated heterocycles. The van der Waals surface area contributed by atoms with Crippen LogP contribution in [0.15, 0.2) is 24.3 Å². The molecule has 1 aliphatic heterocycles. The first-order valence-corrected chi connectivity index (χ1v) is 7.67. The number of hydrogen-bond acceptors (Lipinski definition) is 4. The molecule has 2 rings (SSSR count). The molecule has 1 aromatic carbocycles. The number of piperazine rings is 1. The highest BCUT2D eigenvalue weighted by molar-refractivity contribution is 5.94. The summed E-state index contributed by atoms with van der Waals surface area (Å²) in [7, 11) is 2.16. The van der Waals surface area contributed by atoms with Gasteiger partial charge in [0.25, 0.3) is 5.91 Å². The molecule has 0 radical (unpaired) electrons. The fourth-order valence-corrected chi connectivity index (χ4v) is 2.47. The largest absolute Gasteiger partial charge is 0.352 e. The molecule has 1 amide bonds. The predicted molar refractivity (Wildman–Crippen MR) is 85.2 cm³/mol. The SMILES string of the molecule is CN1CCN(CCCNC(=O)c2ccc(CN)cc2)CC1. The van der Waals surface area contributed by atoms with E-state index in [2.05, 4.69) is 22.2 Å². The van der Waals surface area contributed by atoms with Crippen LogP contribution in [0.1, 0.15) is 22.3 Å². The smallest absolute Gasteiger partial charge is 0.251 e. The zero-order valence-electron chi connectivity index (χ0n) is 12.8. The van der Waals surface area contributed by atoms with Crippen LogP contribution in [-0.4, -0.2) is 62.0 Å². The molecule has 1 fully saturated rings. The van der Waals surface area contributed by atoms with Crippen molar-refractivity contribution in [2.75, 3.05) is 46.3 Å². The van der Waals surface area contributed by atoms with Gasteiger partial charge in [0.05, 0.1) is 0 Å². The van der Waals surface area contributed by atoms with Crippen LogP contribution in [-0.2, 0) is 6.54 Å². The van der Waals surface area contributed by atoms with Gasteiger partial charge < -0.3 is 20.9 Å². The van der Waals surface area contributed by atoms with Gasteiger partial charge in [-0.05, 0) is 37.7 Å². The first-order chi connectivity index (χ1) is 10.2. The molecular formula is C16H26N4O. The van der Waals surface area contributed by atoms with Gasteiger partial charge in [0.15, 0.2) is 0 Å². The zero-order valence-corrected chi connectivity index (χ0v) is 12.8. The second-order valence-corrected chi connectivity index (χ2v) is 5.66. The molecule has 0 bridgehead atoms. The van der Waals surface area contributed by atoms with Crippen molar-refractivity contribution in [2.24, 2.45) is 5.73 Å². The highest BCUT2D eigenvalue weighted by Crippen LogP contribution is 2.04. The average Bonchev–Trinajstić information content (AvgIpc) is 2.53. The van der Waals surface area contributed by atoms with Gasteiger partial charge in [-0.3, -0.25) is 4.79 Å². The zero-order chi connectivity index (χ0) is 15.1. The van der Waals surface area contributed by atoms with Gasteiger partial charge >= 0.3 is 0 Å². The minimum Gasteiger partial charge on any atom is -0.352 e. The van der Waals surface area contributed by atoms with E-state index in [0.717, 1.165) is 51.3 Å². The maximum absolute atomic E-state index is 12.0. The lowest BCUT2D eigenvalue weighted by molar-refractivity contribution is 0.0949. The molecule has 116 valence electrons. The summed E-state index contributed by atoms with van der Waals surface area (Å²) in [6.45, 7) is 6.83. The van der Waals surface area contributed by atoms with Crippen LogP contribution in [0.5, 0.6) is 0 Å². The molecule has 0 atom stereocenters. The highest BCUT2D eigenvalue weighted by Gasteiger charge is 2.13. The number of likely N-dealkylation sites (N-methyl/N-ethyl adjacent to an activating group) is 1. The monoisotopic (exact) mass is 290 g/mol. The summed E-state index contributed by atoms with van der Waals surface area (Å²) >= 11 is 0. The maximum Gasteiger partial charge on any atom is 0.251 e. The first-order valence-electron chi connectivity index (χ1n) is 7.67. The minimum absolute atomic E-state index is 0.00283. The Hall–Kier alpha value is -1.43. The normalized spacial score (nSPS) is 16.9. The molecule has 3 N–H and O–H groups in total. The Labute approximate surface area is 127 Å². The summed E-state index contributed by atoms with van der Waals surface area (Å²) < 4.78 is 0. The lowest BCUT2D eigenvalue weighted by Gasteiger charge is -2.32. The van der Waals surface area contributed by atoms with Gasteiger partial charge in [0.1, 0.15) is 0 Å². The average molecular weight is 290 g/mol. The van der Waals surface area contributed by atoms with Gasteiger partial charge in [0.2, 0.25) is 0 Å². The molecule has 21 heavy (non-hydrogen) atoms. The number of carbonyl (C=O) groups is 1. The van der Waals surface area contributed by atoms with E-state index in [0.29, 0.717) is 12.1 Å². The molecule has 0 unspecified atom stereocenters. The molecule has 0 saturated carbocycles. The Kier molecular flexibility index (Phi) is 6.17. The van der Waals surface area contributed by atoms with Gasteiger partial charge in [-0.1, -0.05) is 12.1 Å². The van der Waals surface area contributed by atoms with Gasteiger partial charge in [-0.15, -0.1) is 0 Å². The van der Waals surface area contributed by atoms with E-state index >= 15 is 0 Å².